The minimum atomic E-state index is -0.313. The molecule has 0 aliphatic carbocycles. The minimum absolute atomic E-state index is 0.232. The van der Waals surface area contributed by atoms with Crippen molar-refractivity contribution in [1.82, 2.24) is 10.6 Å². The molecule has 0 saturated carbocycles. The average Bonchev–Trinajstić information content (AvgIpc) is 2.87. The van der Waals surface area contributed by atoms with Crippen LogP contribution in [-0.4, -0.2) is 33.3 Å². The van der Waals surface area contributed by atoms with E-state index in [1.807, 2.05) is 12.2 Å². The first kappa shape index (κ1) is 24.7. The third-order valence-electron chi connectivity index (χ3n) is 5.33. The summed E-state index contributed by atoms with van der Waals surface area (Å²) in [5.41, 5.74) is 1.86. The van der Waals surface area contributed by atoms with E-state index < -0.39 is 0 Å². The Kier molecular flexibility index (Phi) is 9.39. The molecule has 0 aliphatic heterocycles. The predicted molar refractivity (Wildman–Crippen MR) is 138 cm³/mol. The van der Waals surface area contributed by atoms with Gasteiger partial charge in [0.25, 0.3) is 0 Å². The van der Waals surface area contributed by atoms with E-state index in [1.54, 1.807) is 32.4 Å². The fourth-order valence-electron chi connectivity index (χ4n) is 3.54. The summed E-state index contributed by atoms with van der Waals surface area (Å²) in [6.45, 7) is 3.34. The number of carbonyl (C=O) groups is 1. The molecule has 6 heteroatoms. The molecule has 34 heavy (non-hydrogen) atoms. The summed E-state index contributed by atoms with van der Waals surface area (Å²) < 4.78 is 10.4. The van der Waals surface area contributed by atoms with Crippen LogP contribution in [0.25, 0.3) is 10.8 Å². The Morgan fingerprint density at radius 3 is 2.71 bits per heavy atom. The normalized spacial score (nSPS) is 11.5. The van der Waals surface area contributed by atoms with E-state index in [4.69, 9.17) is 9.47 Å². The number of methoxy groups -OCH3 is 2. The molecule has 0 fully saturated rings. The number of carbonyl (C=O) groups excluding carboxylic acids is 1. The maximum Gasteiger partial charge on any atom is 0.319 e. The van der Waals surface area contributed by atoms with E-state index in [2.05, 4.69) is 77.2 Å². The van der Waals surface area contributed by atoms with Crippen molar-refractivity contribution in [1.29, 1.82) is 0 Å². The molecule has 3 rings (SSSR count). The average molecular weight is 458 g/mol. The van der Waals surface area contributed by atoms with Gasteiger partial charge in [-0.3, -0.25) is 0 Å². The molecule has 0 heterocycles. The number of benzene rings is 3. The van der Waals surface area contributed by atoms with Gasteiger partial charge in [-0.15, -0.1) is 0 Å². The number of hydrogen-bond acceptors (Lipinski definition) is 4. The van der Waals surface area contributed by atoms with Gasteiger partial charge in [0, 0.05) is 31.6 Å². The first-order chi connectivity index (χ1) is 16.6. The van der Waals surface area contributed by atoms with Crippen molar-refractivity contribution in [2.24, 2.45) is 0 Å². The summed E-state index contributed by atoms with van der Waals surface area (Å²) in [6.07, 6.45) is 4.40. The summed E-state index contributed by atoms with van der Waals surface area (Å²) in [6, 6.07) is 19.9. The van der Waals surface area contributed by atoms with E-state index in [9.17, 15) is 4.79 Å². The number of anilines is 1. The number of hydrogen-bond donors (Lipinski definition) is 3. The van der Waals surface area contributed by atoms with Crippen molar-refractivity contribution in [3.8, 4) is 23.3 Å². The molecule has 0 spiro atoms. The van der Waals surface area contributed by atoms with Crippen LogP contribution in [0.1, 0.15) is 24.9 Å². The lowest BCUT2D eigenvalue weighted by atomic mass is 10.00. The SMILES string of the molecule is COc1ccc(NC(=O)NCCC#C/C=C/CN[C@H](C)c2cccc3ccccc23)c(OC)c1. The highest BCUT2D eigenvalue weighted by Crippen LogP contribution is 2.28. The number of ether oxygens (including phenoxy) is 2. The molecule has 1 atom stereocenters. The van der Waals surface area contributed by atoms with Crippen molar-refractivity contribution in [2.45, 2.75) is 19.4 Å². The Morgan fingerprint density at radius 1 is 1.06 bits per heavy atom. The largest absolute Gasteiger partial charge is 0.497 e. The lowest BCUT2D eigenvalue weighted by Crippen LogP contribution is -2.29. The number of fused-ring (bicyclic) bond motifs is 1. The number of nitrogens with one attached hydrogen (secondary N) is 3. The van der Waals surface area contributed by atoms with Gasteiger partial charge in [-0.25, -0.2) is 4.79 Å². The standard InChI is InChI=1S/C28H31N3O3/c1-21(24-15-11-13-22-12-7-8-14-25(22)24)29-18-9-5-4-6-10-19-30-28(32)31-26-17-16-23(33-2)20-27(26)34-3/h5,7-9,11-17,20-21,29H,10,18-19H2,1-3H3,(H2,30,31,32)/b9-5+/t21-/m1/s1. The monoisotopic (exact) mass is 457 g/mol. The highest BCUT2D eigenvalue weighted by Gasteiger charge is 2.08. The van der Waals surface area contributed by atoms with Gasteiger partial charge in [-0.2, -0.15) is 0 Å². The molecule has 0 aromatic heterocycles. The predicted octanol–water partition coefficient (Wildman–Crippen LogP) is 5.28. The quantitative estimate of drug-likeness (QED) is 0.302. The lowest BCUT2D eigenvalue weighted by molar-refractivity contribution is 0.252. The van der Waals surface area contributed by atoms with E-state index in [-0.39, 0.29) is 12.1 Å². The smallest absolute Gasteiger partial charge is 0.319 e. The third-order valence-corrected chi connectivity index (χ3v) is 5.33. The third kappa shape index (κ3) is 7.03. The maximum absolute atomic E-state index is 12.1. The van der Waals surface area contributed by atoms with Gasteiger partial charge in [0.2, 0.25) is 0 Å². The highest BCUT2D eigenvalue weighted by atomic mass is 16.5. The second-order valence-corrected chi connectivity index (χ2v) is 7.62. The molecule has 6 nitrogen and oxygen atoms in total. The molecule has 3 aromatic rings. The molecule has 0 aliphatic rings. The molecular formula is C28H31N3O3. The molecule has 0 bridgehead atoms. The Morgan fingerprint density at radius 2 is 1.88 bits per heavy atom. The zero-order chi connectivity index (χ0) is 24.2. The highest BCUT2D eigenvalue weighted by molar-refractivity contribution is 5.91. The van der Waals surface area contributed by atoms with Gasteiger partial charge in [0.1, 0.15) is 11.5 Å². The number of amides is 2. The van der Waals surface area contributed by atoms with Crippen LogP contribution >= 0.6 is 0 Å². The molecular weight excluding hydrogens is 426 g/mol. The Labute approximate surface area is 201 Å². The van der Waals surface area contributed by atoms with Crippen LogP contribution in [0.4, 0.5) is 10.5 Å². The van der Waals surface area contributed by atoms with Crippen LogP contribution < -0.4 is 25.4 Å². The van der Waals surface area contributed by atoms with Crippen molar-refractivity contribution >= 4 is 22.5 Å². The molecule has 0 unspecified atom stereocenters. The minimum Gasteiger partial charge on any atom is -0.497 e. The van der Waals surface area contributed by atoms with Crippen molar-refractivity contribution in [3.05, 3.63) is 78.4 Å². The Balaban J connectivity index is 1.36. The maximum atomic E-state index is 12.1. The summed E-state index contributed by atoms with van der Waals surface area (Å²) in [7, 11) is 3.12. The number of allylic oxidation sites excluding steroid dienone is 1. The molecule has 3 aromatic carbocycles. The van der Waals surface area contributed by atoms with Gasteiger partial charge in [-0.05, 0) is 41.5 Å². The van der Waals surface area contributed by atoms with Crippen molar-refractivity contribution in [3.63, 3.8) is 0 Å². The van der Waals surface area contributed by atoms with Crippen LogP contribution in [0.15, 0.2) is 72.8 Å². The fraction of sp³-hybridized carbons (Fsp3) is 0.250. The number of urea groups is 1. The Hall–Kier alpha value is -3.95. The van der Waals surface area contributed by atoms with E-state index in [0.29, 0.717) is 30.2 Å². The van der Waals surface area contributed by atoms with Gasteiger partial charge < -0.3 is 25.4 Å². The van der Waals surface area contributed by atoms with Crippen LogP contribution in [0, 0.1) is 11.8 Å². The van der Waals surface area contributed by atoms with E-state index in [0.717, 1.165) is 6.54 Å². The second kappa shape index (κ2) is 12.9. The molecule has 2 amide bonds. The lowest BCUT2D eigenvalue weighted by Gasteiger charge is -2.15. The molecule has 0 saturated heterocycles. The molecule has 176 valence electrons. The summed E-state index contributed by atoms with van der Waals surface area (Å²) in [5, 5.41) is 11.6. The van der Waals surface area contributed by atoms with Gasteiger partial charge in [0.05, 0.1) is 19.9 Å². The van der Waals surface area contributed by atoms with Crippen LogP contribution in [0.2, 0.25) is 0 Å². The zero-order valence-electron chi connectivity index (χ0n) is 19.9. The second-order valence-electron chi connectivity index (χ2n) is 7.62. The topological polar surface area (TPSA) is 71.6 Å². The van der Waals surface area contributed by atoms with Crippen LogP contribution in [0.5, 0.6) is 11.5 Å². The Bertz CT molecular complexity index is 1190. The van der Waals surface area contributed by atoms with E-state index in [1.165, 1.54) is 16.3 Å². The van der Waals surface area contributed by atoms with Crippen LogP contribution in [0.3, 0.4) is 0 Å². The fourth-order valence-corrected chi connectivity index (χ4v) is 3.54. The zero-order valence-corrected chi connectivity index (χ0v) is 19.9. The van der Waals surface area contributed by atoms with Crippen LogP contribution in [-0.2, 0) is 0 Å². The molecule has 3 N–H and O–H groups in total. The molecule has 0 radical (unpaired) electrons. The first-order valence-electron chi connectivity index (χ1n) is 11.2. The van der Waals surface area contributed by atoms with Gasteiger partial charge >= 0.3 is 6.03 Å². The first-order valence-corrected chi connectivity index (χ1v) is 11.2. The van der Waals surface area contributed by atoms with E-state index >= 15 is 0 Å². The summed E-state index contributed by atoms with van der Waals surface area (Å²) in [4.78, 5) is 12.1. The van der Waals surface area contributed by atoms with Gasteiger partial charge in [0.15, 0.2) is 0 Å². The van der Waals surface area contributed by atoms with Crippen molar-refractivity contribution in [2.75, 3.05) is 32.6 Å². The van der Waals surface area contributed by atoms with Crippen molar-refractivity contribution < 1.29 is 14.3 Å². The number of rotatable bonds is 9. The van der Waals surface area contributed by atoms with Gasteiger partial charge in [-0.1, -0.05) is 60.4 Å². The summed E-state index contributed by atoms with van der Waals surface area (Å²) >= 11 is 0. The summed E-state index contributed by atoms with van der Waals surface area (Å²) in [5.74, 6) is 7.23.